The number of aromatic nitrogens is 3. The lowest BCUT2D eigenvalue weighted by atomic mass is 10.1. The fourth-order valence-corrected chi connectivity index (χ4v) is 2.61. The lowest BCUT2D eigenvalue weighted by molar-refractivity contribution is 0.102. The number of fused-ring (bicyclic) bond motifs is 1. The first kappa shape index (κ1) is 13.9. The minimum atomic E-state index is -0.211. The predicted octanol–water partition coefficient (Wildman–Crippen LogP) is 3.48. The Kier molecular flexibility index (Phi) is 3.15. The van der Waals surface area contributed by atoms with E-state index in [9.17, 15) is 4.79 Å². The zero-order valence-electron chi connectivity index (χ0n) is 13.2. The number of amides is 1. The Morgan fingerprint density at radius 1 is 1.17 bits per heavy atom. The van der Waals surface area contributed by atoms with Crippen molar-refractivity contribution in [2.24, 2.45) is 0 Å². The number of hydrogen-bond donors (Lipinski definition) is 1. The van der Waals surface area contributed by atoms with Gasteiger partial charge in [0.15, 0.2) is 5.65 Å². The lowest BCUT2D eigenvalue weighted by Gasteiger charge is -2.07. The van der Waals surface area contributed by atoms with Crippen molar-refractivity contribution in [3.63, 3.8) is 0 Å². The maximum atomic E-state index is 12.4. The van der Waals surface area contributed by atoms with Gasteiger partial charge in [-0.1, -0.05) is 6.07 Å². The maximum Gasteiger partial charge on any atom is 0.276 e. The fraction of sp³-hybridized carbons (Fsp3) is 0.278. The van der Waals surface area contributed by atoms with Gasteiger partial charge in [0.1, 0.15) is 5.69 Å². The Labute approximate surface area is 134 Å². The van der Waals surface area contributed by atoms with Gasteiger partial charge in [0.05, 0.1) is 11.9 Å². The van der Waals surface area contributed by atoms with E-state index in [1.807, 2.05) is 44.3 Å². The first-order valence-electron chi connectivity index (χ1n) is 7.85. The Hall–Kier alpha value is -2.69. The molecule has 2 heterocycles. The van der Waals surface area contributed by atoms with E-state index in [0.29, 0.717) is 11.6 Å². The molecule has 5 heteroatoms. The van der Waals surface area contributed by atoms with Crippen molar-refractivity contribution < 1.29 is 4.79 Å². The molecule has 116 valence electrons. The molecule has 1 N–H and O–H groups in total. The number of rotatable bonds is 3. The molecule has 1 aromatic carbocycles. The Morgan fingerprint density at radius 2 is 2.00 bits per heavy atom. The Balaban J connectivity index is 1.59. The van der Waals surface area contributed by atoms with Crippen LogP contribution in [0.2, 0.25) is 0 Å². The summed E-state index contributed by atoms with van der Waals surface area (Å²) in [7, 11) is 0. The van der Waals surface area contributed by atoms with E-state index in [1.165, 1.54) is 18.4 Å². The molecule has 1 aliphatic rings. The second kappa shape index (κ2) is 5.19. The molecule has 1 amide bonds. The Bertz CT molecular complexity index is 909. The summed E-state index contributed by atoms with van der Waals surface area (Å²) in [4.78, 5) is 16.9. The number of hydrogen-bond acceptors (Lipinski definition) is 3. The quantitative estimate of drug-likeness (QED) is 0.806. The lowest BCUT2D eigenvalue weighted by Crippen LogP contribution is -2.15. The highest BCUT2D eigenvalue weighted by atomic mass is 16.1. The molecule has 0 atom stereocenters. The van der Waals surface area contributed by atoms with Gasteiger partial charge in [-0.05, 0) is 62.1 Å². The van der Waals surface area contributed by atoms with Crippen LogP contribution in [0.25, 0.3) is 5.65 Å². The first-order valence-corrected chi connectivity index (χ1v) is 7.85. The average Bonchev–Trinajstić information content (AvgIpc) is 3.30. The second-order valence-corrected chi connectivity index (χ2v) is 6.21. The molecule has 1 aliphatic carbocycles. The summed E-state index contributed by atoms with van der Waals surface area (Å²) in [6.45, 7) is 4.08. The molecule has 1 fully saturated rings. The van der Waals surface area contributed by atoms with Crippen molar-refractivity contribution in [3.8, 4) is 0 Å². The SMILES string of the molecule is Cc1ccc(NC(=O)c2ccc3nc(C4CC4)cn3n2)cc1C. The largest absolute Gasteiger partial charge is 0.321 e. The fourth-order valence-electron chi connectivity index (χ4n) is 2.61. The standard InChI is InChI=1S/C18H18N4O/c1-11-3-6-14(9-12(11)2)19-18(23)15-7-8-17-20-16(13-4-5-13)10-22(17)21-15/h3,6-10,13H,4-5H2,1-2H3,(H,19,23). The van der Waals surface area contributed by atoms with Gasteiger partial charge in [-0.15, -0.1) is 0 Å². The Morgan fingerprint density at radius 3 is 2.74 bits per heavy atom. The molecule has 0 bridgehead atoms. The third kappa shape index (κ3) is 2.70. The average molecular weight is 306 g/mol. The number of nitrogens with one attached hydrogen (secondary N) is 1. The molecule has 3 aromatic rings. The van der Waals surface area contributed by atoms with Gasteiger partial charge >= 0.3 is 0 Å². The van der Waals surface area contributed by atoms with Crippen molar-refractivity contribution >= 4 is 17.2 Å². The number of imidazole rings is 1. The summed E-state index contributed by atoms with van der Waals surface area (Å²) in [5, 5.41) is 7.28. The van der Waals surface area contributed by atoms with Gasteiger partial charge < -0.3 is 5.32 Å². The zero-order valence-corrected chi connectivity index (χ0v) is 13.2. The van der Waals surface area contributed by atoms with E-state index in [2.05, 4.69) is 15.4 Å². The molecular weight excluding hydrogens is 288 g/mol. The maximum absolute atomic E-state index is 12.4. The van der Waals surface area contributed by atoms with Gasteiger partial charge in [-0.2, -0.15) is 5.10 Å². The van der Waals surface area contributed by atoms with Crippen LogP contribution < -0.4 is 5.32 Å². The molecule has 0 aliphatic heterocycles. The molecule has 0 unspecified atom stereocenters. The van der Waals surface area contributed by atoms with E-state index >= 15 is 0 Å². The number of aryl methyl sites for hydroxylation is 2. The smallest absolute Gasteiger partial charge is 0.276 e. The van der Waals surface area contributed by atoms with Crippen LogP contribution in [0.3, 0.4) is 0 Å². The topological polar surface area (TPSA) is 59.3 Å². The van der Waals surface area contributed by atoms with Gasteiger partial charge in [-0.25, -0.2) is 9.50 Å². The highest BCUT2D eigenvalue weighted by Gasteiger charge is 2.26. The van der Waals surface area contributed by atoms with Gasteiger partial charge in [-0.3, -0.25) is 4.79 Å². The monoisotopic (exact) mass is 306 g/mol. The van der Waals surface area contributed by atoms with Gasteiger partial charge in [0.25, 0.3) is 5.91 Å². The minimum absolute atomic E-state index is 0.211. The predicted molar refractivity (Wildman–Crippen MR) is 88.8 cm³/mol. The molecule has 2 aromatic heterocycles. The van der Waals surface area contributed by atoms with Crippen molar-refractivity contribution in [3.05, 3.63) is 59.0 Å². The van der Waals surface area contributed by atoms with Crippen LogP contribution in [-0.4, -0.2) is 20.5 Å². The van der Waals surface area contributed by atoms with Crippen molar-refractivity contribution in [2.45, 2.75) is 32.6 Å². The molecule has 23 heavy (non-hydrogen) atoms. The molecular formula is C18H18N4O. The highest BCUT2D eigenvalue weighted by molar-refractivity contribution is 6.02. The molecule has 0 saturated heterocycles. The summed E-state index contributed by atoms with van der Waals surface area (Å²) < 4.78 is 1.70. The minimum Gasteiger partial charge on any atom is -0.321 e. The highest BCUT2D eigenvalue weighted by Crippen LogP contribution is 2.39. The third-order valence-electron chi connectivity index (χ3n) is 4.33. The molecule has 1 saturated carbocycles. The van der Waals surface area contributed by atoms with Gasteiger partial charge in [0, 0.05) is 11.6 Å². The van der Waals surface area contributed by atoms with Gasteiger partial charge in [0.2, 0.25) is 0 Å². The van der Waals surface area contributed by atoms with Crippen molar-refractivity contribution in [1.29, 1.82) is 0 Å². The number of nitrogens with zero attached hydrogens (tertiary/aromatic N) is 3. The molecule has 4 rings (SSSR count). The second-order valence-electron chi connectivity index (χ2n) is 6.21. The summed E-state index contributed by atoms with van der Waals surface area (Å²) in [6.07, 6.45) is 4.33. The molecule has 0 spiro atoms. The van der Waals surface area contributed by atoms with Crippen LogP contribution in [0.15, 0.2) is 36.5 Å². The number of benzene rings is 1. The number of carbonyl (C=O) groups excluding carboxylic acids is 1. The van der Waals surface area contributed by atoms with Crippen molar-refractivity contribution in [2.75, 3.05) is 5.32 Å². The van der Waals surface area contributed by atoms with E-state index in [0.717, 1.165) is 22.6 Å². The molecule has 0 radical (unpaired) electrons. The van der Waals surface area contributed by atoms with Crippen LogP contribution in [0.5, 0.6) is 0 Å². The summed E-state index contributed by atoms with van der Waals surface area (Å²) in [6, 6.07) is 9.43. The summed E-state index contributed by atoms with van der Waals surface area (Å²) in [5.74, 6) is 0.362. The van der Waals surface area contributed by atoms with E-state index in [1.54, 1.807) is 10.6 Å². The van der Waals surface area contributed by atoms with E-state index < -0.39 is 0 Å². The third-order valence-corrected chi connectivity index (χ3v) is 4.33. The number of anilines is 1. The van der Waals surface area contributed by atoms with Crippen LogP contribution in [0.4, 0.5) is 5.69 Å². The van der Waals surface area contributed by atoms with Crippen molar-refractivity contribution in [1.82, 2.24) is 14.6 Å². The normalized spacial score (nSPS) is 14.2. The zero-order chi connectivity index (χ0) is 16.0. The van der Waals surface area contributed by atoms with Crippen LogP contribution in [-0.2, 0) is 0 Å². The van der Waals surface area contributed by atoms with E-state index in [-0.39, 0.29) is 5.91 Å². The summed E-state index contributed by atoms with van der Waals surface area (Å²) in [5.41, 5.74) is 5.38. The van der Waals surface area contributed by atoms with Crippen LogP contribution >= 0.6 is 0 Å². The summed E-state index contributed by atoms with van der Waals surface area (Å²) >= 11 is 0. The van der Waals surface area contributed by atoms with Crippen LogP contribution in [0, 0.1) is 13.8 Å². The molecule has 5 nitrogen and oxygen atoms in total. The first-order chi connectivity index (χ1) is 11.1. The van der Waals surface area contributed by atoms with Crippen LogP contribution in [0.1, 0.15) is 46.1 Å². The van der Waals surface area contributed by atoms with E-state index in [4.69, 9.17) is 0 Å². The number of carbonyl (C=O) groups is 1.